The molecule has 1 unspecified atom stereocenters. The summed E-state index contributed by atoms with van der Waals surface area (Å²) >= 11 is 2.78. The lowest BCUT2D eigenvalue weighted by Gasteiger charge is -2.11. The first-order valence-corrected chi connectivity index (χ1v) is 4.33. The fraction of sp³-hybridized carbons (Fsp3) is 0.250. The summed E-state index contributed by atoms with van der Waals surface area (Å²) in [5.74, 6) is -2.41. The Kier molecular flexibility index (Phi) is 3.49. The first-order chi connectivity index (χ1) is 6.43. The maximum Gasteiger partial charge on any atom is 0.268 e. The largest absolute Gasteiger partial charge is 0.382 e. The van der Waals surface area contributed by atoms with Crippen molar-refractivity contribution in [2.24, 2.45) is 0 Å². The summed E-state index contributed by atoms with van der Waals surface area (Å²) in [6, 6.07) is 1.62. The van der Waals surface area contributed by atoms with Crippen LogP contribution in [-0.4, -0.2) is 11.5 Å². The number of hydrogen-bond donors (Lipinski definition) is 1. The molecule has 0 saturated heterocycles. The molecule has 0 bridgehead atoms. The van der Waals surface area contributed by atoms with Crippen LogP contribution in [0.25, 0.3) is 0 Å². The average Bonchev–Trinajstić information content (AvgIpc) is 2.01. The van der Waals surface area contributed by atoms with Gasteiger partial charge in [0.05, 0.1) is 5.56 Å². The number of aliphatic hydroxyl groups excluding tert-OH is 1. The van der Waals surface area contributed by atoms with Crippen LogP contribution in [0.3, 0.4) is 0 Å². The minimum absolute atomic E-state index is 0.0812. The van der Waals surface area contributed by atoms with Gasteiger partial charge >= 0.3 is 0 Å². The Morgan fingerprint density at radius 1 is 1.14 bits per heavy atom. The van der Waals surface area contributed by atoms with Gasteiger partial charge in [-0.15, -0.1) is 0 Å². The van der Waals surface area contributed by atoms with E-state index < -0.39 is 29.7 Å². The Bertz CT molecular complexity index is 319. The van der Waals surface area contributed by atoms with Crippen LogP contribution in [0.1, 0.15) is 11.7 Å². The zero-order chi connectivity index (χ0) is 10.9. The molecule has 1 rings (SSSR count). The quantitative estimate of drug-likeness (QED) is 0.821. The van der Waals surface area contributed by atoms with Crippen molar-refractivity contribution in [3.63, 3.8) is 0 Å². The third-order valence-corrected chi connectivity index (χ3v) is 2.04. The fourth-order valence-corrected chi connectivity index (χ4v) is 1.36. The molecule has 0 radical (unpaired) electrons. The van der Waals surface area contributed by atoms with Gasteiger partial charge < -0.3 is 5.11 Å². The van der Waals surface area contributed by atoms with Crippen molar-refractivity contribution in [3.05, 3.63) is 33.8 Å². The number of alkyl halides is 2. The number of benzene rings is 1. The van der Waals surface area contributed by atoms with Crippen LogP contribution in [0.15, 0.2) is 16.6 Å². The molecule has 0 amide bonds. The van der Waals surface area contributed by atoms with E-state index in [1.807, 2.05) is 0 Å². The summed E-state index contributed by atoms with van der Waals surface area (Å²) in [5, 5.41) is 8.81. The van der Waals surface area contributed by atoms with Crippen LogP contribution in [0.5, 0.6) is 0 Å². The maximum atomic E-state index is 13.0. The molecular formula is C8H5BrF4O. The molecule has 1 atom stereocenters. The molecule has 0 heterocycles. The second kappa shape index (κ2) is 4.27. The van der Waals surface area contributed by atoms with Gasteiger partial charge in [-0.3, -0.25) is 0 Å². The van der Waals surface area contributed by atoms with Crippen LogP contribution in [-0.2, 0) is 0 Å². The third-order valence-electron chi connectivity index (χ3n) is 1.58. The molecule has 1 aromatic rings. The molecule has 0 saturated carbocycles. The normalized spacial score (nSPS) is 13.4. The number of hydrogen-bond acceptors (Lipinski definition) is 1. The topological polar surface area (TPSA) is 20.2 Å². The predicted octanol–water partition coefficient (Wildman–Crippen LogP) is 3.03. The van der Waals surface area contributed by atoms with E-state index in [-0.39, 0.29) is 4.47 Å². The second-order valence-corrected chi connectivity index (χ2v) is 3.48. The lowest BCUT2D eigenvalue weighted by atomic mass is 10.1. The van der Waals surface area contributed by atoms with Gasteiger partial charge in [0.25, 0.3) is 6.43 Å². The molecule has 1 N–H and O–H groups in total. The first kappa shape index (κ1) is 11.5. The summed E-state index contributed by atoms with van der Waals surface area (Å²) in [6.07, 6.45) is -5.66. The van der Waals surface area contributed by atoms with Crippen molar-refractivity contribution in [2.45, 2.75) is 12.5 Å². The molecule has 0 aliphatic heterocycles. The second-order valence-electron chi connectivity index (χ2n) is 2.56. The molecule has 0 aliphatic rings. The van der Waals surface area contributed by atoms with Crippen molar-refractivity contribution < 1.29 is 22.7 Å². The molecule has 6 heteroatoms. The highest BCUT2D eigenvalue weighted by molar-refractivity contribution is 9.10. The van der Waals surface area contributed by atoms with Gasteiger partial charge in [-0.1, -0.05) is 15.9 Å². The summed E-state index contributed by atoms with van der Waals surface area (Å²) in [6.45, 7) is 0. The first-order valence-electron chi connectivity index (χ1n) is 3.54. The lowest BCUT2D eigenvalue weighted by Crippen LogP contribution is -2.12. The van der Waals surface area contributed by atoms with Crippen molar-refractivity contribution in [2.75, 3.05) is 0 Å². The highest BCUT2D eigenvalue weighted by atomic mass is 79.9. The summed E-state index contributed by atoms with van der Waals surface area (Å²) in [5.41, 5.74) is -1.01. The minimum atomic E-state index is -3.22. The molecule has 1 nitrogen and oxygen atoms in total. The molecule has 78 valence electrons. The molecule has 0 fully saturated rings. The van der Waals surface area contributed by atoms with Crippen molar-refractivity contribution in [1.29, 1.82) is 0 Å². The SMILES string of the molecule is OC(c1c(F)cc(Br)cc1F)C(F)F. The van der Waals surface area contributed by atoms with E-state index in [1.165, 1.54) is 0 Å². The Morgan fingerprint density at radius 2 is 1.57 bits per heavy atom. The number of aliphatic hydroxyl groups is 1. The van der Waals surface area contributed by atoms with E-state index >= 15 is 0 Å². The zero-order valence-electron chi connectivity index (χ0n) is 6.65. The smallest absolute Gasteiger partial charge is 0.268 e. The van der Waals surface area contributed by atoms with Crippen LogP contribution >= 0.6 is 15.9 Å². The Hall–Kier alpha value is -0.620. The van der Waals surface area contributed by atoms with Gasteiger partial charge in [-0.25, -0.2) is 17.6 Å². The van der Waals surface area contributed by atoms with E-state index in [1.54, 1.807) is 0 Å². The van der Waals surface area contributed by atoms with Crippen LogP contribution in [0.2, 0.25) is 0 Å². The summed E-state index contributed by atoms with van der Waals surface area (Å²) < 4.78 is 50.0. The molecule has 1 aromatic carbocycles. The van der Waals surface area contributed by atoms with Gasteiger partial charge in [-0.2, -0.15) is 0 Å². The number of halogens is 5. The highest BCUT2D eigenvalue weighted by Crippen LogP contribution is 2.28. The Balaban J connectivity index is 3.20. The monoisotopic (exact) mass is 272 g/mol. The van der Waals surface area contributed by atoms with Crippen molar-refractivity contribution in [3.8, 4) is 0 Å². The van der Waals surface area contributed by atoms with Crippen LogP contribution in [0.4, 0.5) is 17.6 Å². The van der Waals surface area contributed by atoms with E-state index in [4.69, 9.17) is 5.11 Å². The summed E-state index contributed by atoms with van der Waals surface area (Å²) in [7, 11) is 0. The summed E-state index contributed by atoms with van der Waals surface area (Å²) in [4.78, 5) is 0. The minimum Gasteiger partial charge on any atom is -0.382 e. The Labute approximate surface area is 85.5 Å². The molecule has 0 aromatic heterocycles. The highest BCUT2D eigenvalue weighted by Gasteiger charge is 2.26. The third kappa shape index (κ3) is 2.24. The molecule has 14 heavy (non-hydrogen) atoms. The van der Waals surface area contributed by atoms with E-state index in [0.29, 0.717) is 0 Å². The Morgan fingerprint density at radius 3 is 1.93 bits per heavy atom. The van der Waals surface area contributed by atoms with Gasteiger partial charge in [0.2, 0.25) is 0 Å². The zero-order valence-corrected chi connectivity index (χ0v) is 8.23. The molecule has 0 spiro atoms. The standard InChI is InChI=1S/C8H5BrF4O/c9-3-1-4(10)6(5(11)2-3)7(14)8(12)13/h1-2,7-8,14H. The van der Waals surface area contributed by atoms with Crippen molar-refractivity contribution in [1.82, 2.24) is 0 Å². The van der Waals surface area contributed by atoms with Gasteiger partial charge in [0.1, 0.15) is 17.7 Å². The van der Waals surface area contributed by atoms with Gasteiger partial charge in [-0.05, 0) is 12.1 Å². The maximum absolute atomic E-state index is 13.0. The van der Waals surface area contributed by atoms with Crippen LogP contribution in [0, 0.1) is 11.6 Å². The van der Waals surface area contributed by atoms with E-state index in [2.05, 4.69) is 15.9 Å². The van der Waals surface area contributed by atoms with Crippen molar-refractivity contribution >= 4 is 15.9 Å². The molecule has 0 aliphatic carbocycles. The number of rotatable bonds is 2. The molecular weight excluding hydrogens is 268 g/mol. The van der Waals surface area contributed by atoms with E-state index in [9.17, 15) is 17.6 Å². The fourth-order valence-electron chi connectivity index (χ4n) is 0.962. The lowest BCUT2D eigenvalue weighted by molar-refractivity contribution is -0.00979. The van der Waals surface area contributed by atoms with Crippen LogP contribution < -0.4 is 0 Å². The van der Waals surface area contributed by atoms with Gasteiger partial charge in [0, 0.05) is 4.47 Å². The van der Waals surface area contributed by atoms with Gasteiger partial charge in [0.15, 0.2) is 0 Å². The average molecular weight is 273 g/mol. The predicted molar refractivity (Wildman–Crippen MR) is 45.0 cm³/mol. The van der Waals surface area contributed by atoms with E-state index in [0.717, 1.165) is 12.1 Å².